The molecule has 7 nitrogen and oxygen atoms in total. The Labute approximate surface area is 89.0 Å². The summed E-state index contributed by atoms with van der Waals surface area (Å²) in [7, 11) is -5.51. The average molecular weight is 262 g/mol. The van der Waals surface area contributed by atoms with E-state index in [2.05, 4.69) is 13.2 Å². The summed E-state index contributed by atoms with van der Waals surface area (Å²) in [6.07, 6.45) is -0.539. The van der Waals surface area contributed by atoms with Gasteiger partial charge in [-0.05, 0) is 6.92 Å². The maximum atomic E-state index is 11.8. The van der Waals surface area contributed by atoms with Gasteiger partial charge in [0.15, 0.2) is 0 Å². The maximum Gasteiger partial charge on any atom is 0.362 e. The quantitative estimate of drug-likeness (QED) is 0.537. The first-order chi connectivity index (χ1) is 6.66. The summed E-state index contributed by atoms with van der Waals surface area (Å²) in [5.74, 6) is -1.57. The lowest BCUT2D eigenvalue weighted by Crippen LogP contribution is -2.29. The van der Waals surface area contributed by atoms with Crippen molar-refractivity contribution in [2.75, 3.05) is 20.5 Å². The van der Waals surface area contributed by atoms with Crippen LogP contribution in [0, 0.1) is 0 Å². The second kappa shape index (κ2) is 5.38. The van der Waals surface area contributed by atoms with Crippen LogP contribution >= 0.6 is 7.60 Å². The summed E-state index contributed by atoms with van der Waals surface area (Å²) in [6, 6.07) is 0. The second-order valence-electron chi connectivity index (χ2n) is 2.84. The fourth-order valence-corrected chi connectivity index (χ4v) is 3.36. The molecule has 15 heavy (non-hydrogen) atoms. The predicted molar refractivity (Wildman–Crippen MR) is 53.0 cm³/mol. The van der Waals surface area contributed by atoms with Gasteiger partial charge < -0.3 is 14.2 Å². The van der Waals surface area contributed by atoms with Crippen molar-refractivity contribution in [3.05, 3.63) is 0 Å². The zero-order chi connectivity index (χ0) is 12.3. The summed E-state index contributed by atoms with van der Waals surface area (Å²) >= 11 is 0. The third-order valence-corrected chi connectivity index (χ3v) is 4.38. The van der Waals surface area contributed by atoms with Crippen molar-refractivity contribution in [2.45, 2.75) is 18.9 Å². The Kier molecular flexibility index (Phi) is 5.39. The molecule has 0 aliphatic rings. The van der Waals surface area contributed by atoms with Crippen LogP contribution in [0.5, 0.6) is 0 Å². The van der Waals surface area contributed by atoms with Crippen LogP contribution in [0.15, 0.2) is 0 Å². The number of hydrogen-bond donors (Lipinski definition) is 1. The summed E-state index contributed by atoms with van der Waals surface area (Å²) in [5.41, 5.74) is 0. The van der Waals surface area contributed by atoms with Crippen molar-refractivity contribution in [2.24, 2.45) is 0 Å². The highest BCUT2D eigenvalue weighted by Gasteiger charge is 2.41. The predicted octanol–water partition coefficient (Wildman–Crippen LogP) is 0.155. The zero-order valence-electron chi connectivity index (χ0n) is 8.91. The molecule has 0 rings (SSSR count). The first kappa shape index (κ1) is 15.0. The van der Waals surface area contributed by atoms with Crippen molar-refractivity contribution in [3.8, 4) is 0 Å². The summed E-state index contributed by atoms with van der Waals surface area (Å²) in [5, 5.41) is 9.25. The molecule has 2 atom stereocenters. The first-order valence-electron chi connectivity index (χ1n) is 3.94. The van der Waals surface area contributed by atoms with E-state index >= 15 is 0 Å². The highest BCUT2D eigenvalue weighted by atomic mass is 32.2. The maximum absolute atomic E-state index is 11.8. The van der Waals surface area contributed by atoms with E-state index in [1.54, 1.807) is 0 Å². The van der Waals surface area contributed by atoms with Gasteiger partial charge in [0.25, 0.3) is 10.1 Å². The standard InChI is InChI=1S/C6H15O7PS/c1-5(7)6(13-15(4,9)10)14(8,11-2)12-3/h5-7H,1-4H3/t5-,6-/m0/s1. The van der Waals surface area contributed by atoms with Gasteiger partial charge in [0.1, 0.15) is 0 Å². The highest BCUT2D eigenvalue weighted by molar-refractivity contribution is 7.86. The molecule has 0 radical (unpaired) electrons. The monoisotopic (exact) mass is 262 g/mol. The van der Waals surface area contributed by atoms with E-state index in [0.29, 0.717) is 0 Å². The van der Waals surface area contributed by atoms with Crippen molar-refractivity contribution in [1.82, 2.24) is 0 Å². The summed E-state index contributed by atoms with van der Waals surface area (Å²) in [4.78, 5) is 0. The number of hydrogen-bond acceptors (Lipinski definition) is 7. The summed E-state index contributed by atoms with van der Waals surface area (Å²) in [6.45, 7) is 1.22. The first-order valence-corrected chi connectivity index (χ1v) is 7.36. The van der Waals surface area contributed by atoms with Crippen molar-refractivity contribution < 1.29 is 31.3 Å². The third-order valence-electron chi connectivity index (χ3n) is 1.51. The minimum absolute atomic E-state index is 0.776. The van der Waals surface area contributed by atoms with E-state index in [0.717, 1.165) is 20.5 Å². The van der Waals surface area contributed by atoms with Crippen molar-refractivity contribution in [3.63, 3.8) is 0 Å². The molecule has 1 N–H and O–H groups in total. The minimum atomic E-state index is -3.86. The molecule has 9 heteroatoms. The van der Waals surface area contributed by atoms with Crippen LogP contribution in [0.3, 0.4) is 0 Å². The molecule has 0 aromatic heterocycles. The Balaban J connectivity index is 5.06. The lowest BCUT2D eigenvalue weighted by atomic mass is 10.4. The van der Waals surface area contributed by atoms with E-state index in [-0.39, 0.29) is 0 Å². The molecule has 0 aliphatic carbocycles. The van der Waals surface area contributed by atoms with Gasteiger partial charge in [0.2, 0.25) is 5.85 Å². The number of aliphatic hydroxyl groups excluding tert-OH is 1. The SMILES string of the molecule is COP(=O)(OC)[C@H](OS(C)(=O)=O)[C@H](C)O. The molecule has 0 aromatic rings. The molecule has 0 unspecified atom stereocenters. The van der Waals surface area contributed by atoms with Gasteiger partial charge in [-0.3, -0.25) is 8.75 Å². The highest BCUT2D eigenvalue weighted by Crippen LogP contribution is 2.53. The van der Waals surface area contributed by atoms with Gasteiger partial charge in [-0.1, -0.05) is 0 Å². The van der Waals surface area contributed by atoms with Gasteiger partial charge in [0.05, 0.1) is 12.4 Å². The van der Waals surface area contributed by atoms with Crippen LogP contribution < -0.4 is 0 Å². The fourth-order valence-electron chi connectivity index (χ4n) is 0.859. The van der Waals surface area contributed by atoms with Gasteiger partial charge in [0, 0.05) is 14.2 Å². The third kappa shape index (κ3) is 4.58. The molecule has 0 amide bonds. The van der Waals surface area contributed by atoms with Crippen LogP contribution in [-0.4, -0.2) is 45.9 Å². The van der Waals surface area contributed by atoms with Crippen LogP contribution in [0.4, 0.5) is 0 Å². The number of aliphatic hydroxyl groups is 1. The number of rotatable bonds is 6. The van der Waals surface area contributed by atoms with Crippen LogP contribution in [0.1, 0.15) is 6.92 Å². The Hall–Kier alpha value is 0.0200. The van der Waals surface area contributed by atoms with Crippen LogP contribution in [-0.2, 0) is 27.9 Å². The molecule has 92 valence electrons. The molecule has 0 heterocycles. The zero-order valence-corrected chi connectivity index (χ0v) is 10.6. The Morgan fingerprint density at radius 2 is 1.67 bits per heavy atom. The van der Waals surface area contributed by atoms with E-state index in [9.17, 15) is 18.1 Å². The molecular formula is C6H15O7PS. The normalized spacial score (nSPS) is 17.4. The minimum Gasteiger partial charge on any atom is -0.390 e. The Bertz CT molecular complexity index is 327. The van der Waals surface area contributed by atoms with Gasteiger partial charge in [-0.15, -0.1) is 0 Å². The molecule has 0 aliphatic heterocycles. The van der Waals surface area contributed by atoms with Crippen LogP contribution in [0.2, 0.25) is 0 Å². The molecule has 0 spiro atoms. The molecule has 0 bridgehead atoms. The van der Waals surface area contributed by atoms with E-state index in [1.165, 1.54) is 6.92 Å². The second-order valence-corrected chi connectivity index (χ2v) is 6.76. The Morgan fingerprint density at radius 1 is 1.27 bits per heavy atom. The van der Waals surface area contributed by atoms with Gasteiger partial charge >= 0.3 is 7.60 Å². The molecular weight excluding hydrogens is 247 g/mol. The largest absolute Gasteiger partial charge is 0.390 e. The van der Waals surface area contributed by atoms with Crippen LogP contribution in [0.25, 0.3) is 0 Å². The summed E-state index contributed by atoms with van der Waals surface area (Å²) < 4.78 is 47.0. The average Bonchev–Trinajstić information content (AvgIpc) is 2.11. The fraction of sp³-hybridized carbons (Fsp3) is 1.00. The molecule has 0 saturated heterocycles. The van der Waals surface area contributed by atoms with Crippen molar-refractivity contribution in [1.29, 1.82) is 0 Å². The molecule has 0 aromatic carbocycles. The van der Waals surface area contributed by atoms with E-state index in [1.807, 2.05) is 0 Å². The topological polar surface area (TPSA) is 99.1 Å². The van der Waals surface area contributed by atoms with Crippen molar-refractivity contribution >= 4 is 17.7 Å². The van der Waals surface area contributed by atoms with E-state index in [4.69, 9.17) is 0 Å². The molecule has 0 fully saturated rings. The Morgan fingerprint density at radius 3 is 1.87 bits per heavy atom. The van der Waals surface area contributed by atoms with Gasteiger partial charge in [-0.25, -0.2) is 0 Å². The lowest BCUT2D eigenvalue weighted by molar-refractivity contribution is 0.0760. The lowest BCUT2D eigenvalue weighted by Gasteiger charge is -2.25. The smallest absolute Gasteiger partial charge is 0.362 e. The van der Waals surface area contributed by atoms with E-state index < -0.39 is 29.7 Å². The van der Waals surface area contributed by atoms with Gasteiger partial charge in [-0.2, -0.15) is 8.42 Å². The molecule has 0 saturated carbocycles.